The van der Waals surface area contributed by atoms with Crippen molar-refractivity contribution in [3.63, 3.8) is 0 Å². The van der Waals surface area contributed by atoms with Crippen LogP contribution in [0.4, 0.5) is 16.2 Å². The molecule has 0 spiro atoms. The molecule has 1 aliphatic rings. The van der Waals surface area contributed by atoms with Gasteiger partial charge in [-0.3, -0.25) is 4.79 Å². The van der Waals surface area contributed by atoms with Crippen molar-refractivity contribution in [2.24, 2.45) is 5.92 Å². The van der Waals surface area contributed by atoms with Crippen molar-refractivity contribution in [1.29, 1.82) is 0 Å². The number of carbonyl (C=O) groups excluding carboxylic acids is 2. The van der Waals surface area contributed by atoms with Crippen LogP contribution in [-0.4, -0.2) is 36.2 Å². The molecule has 1 saturated heterocycles. The summed E-state index contributed by atoms with van der Waals surface area (Å²) in [7, 11) is 0. The second-order valence-corrected chi connectivity index (χ2v) is 7.16. The van der Waals surface area contributed by atoms with E-state index >= 15 is 0 Å². The van der Waals surface area contributed by atoms with E-state index in [2.05, 4.69) is 10.6 Å². The summed E-state index contributed by atoms with van der Waals surface area (Å²) in [5, 5.41) is 5.89. The lowest BCUT2D eigenvalue weighted by atomic mass is 9.96. The molecule has 3 rings (SSSR count). The zero-order valence-electron chi connectivity index (χ0n) is 14.8. The lowest BCUT2D eigenvalue weighted by Crippen LogP contribution is -2.43. The monoisotopic (exact) mass is 369 g/mol. The highest BCUT2D eigenvalue weighted by Crippen LogP contribution is 2.23. The molecule has 6 heteroatoms. The number of para-hydroxylation sites is 1. The minimum Gasteiger partial charge on any atom is -0.326 e. The van der Waals surface area contributed by atoms with Gasteiger partial charge in [0.2, 0.25) is 5.91 Å². The molecular formula is C20H23N3O2S. The Hall–Kier alpha value is -2.47. The average molecular weight is 369 g/mol. The quantitative estimate of drug-likeness (QED) is 0.790. The van der Waals surface area contributed by atoms with Crippen LogP contribution >= 0.6 is 11.8 Å². The van der Waals surface area contributed by atoms with Crippen LogP contribution in [0.5, 0.6) is 0 Å². The van der Waals surface area contributed by atoms with Gasteiger partial charge >= 0.3 is 6.03 Å². The Kier molecular flexibility index (Phi) is 6.17. The van der Waals surface area contributed by atoms with E-state index in [1.54, 1.807) is 16.7 Å². The number of anilines is 2. The number of likely N-dealkylation sites (tertiary alicyclic amines) is 1. The van der Waals surface area contributed by atoms with Gasteiger partial charge in [0.1, 0.15) is 0 Å². The molecule has 1 aliphatic heterocycles. The number of hydrogen-bond acceptors (Lipinski definition) is 3. The van der Waals surface area contributed by atoms with Crippen molar-refractivity contribution < 1.29 is 9.59 Å². The van der Waals surface area contributed by atoms with Gasteiger partial charge < -0.3 is 15.5 Å². The molecule has 1 heterocycles. The fourth-order valence-corrected chi connectivity index (χ4v) is 3.47. The van der Waals surface area contributed by atoms with Crippen LogP contribution in [0.3, 0.4) is 0 Å². The van der Waals surface area contributed by atoms with Gasteiger partial charge in [-0.1, -0.05) is 24.3 Å². The third-order valence-corrected chi connectivity index (χ3v) is 5.24. The molecule has 2 N–H and O–H groups in total. The molecule has 0 bridgehead atoms. The molecular weight excluding hydrogens is 346 g/mol. The predicted molar refractivity (Wildman–Crippen MR) is 107 cm³/mol. The van der Waals surface area contributed by atoms with Gasteiger partial charge in [-0.05, 0) is 49.4 Å². The topological polar surface area (TPSA) is 61.4 Å². The maximum absolute atomic E-state index is 12.5. The number of rotatable bonds is 4. The number of carbonyl (C=O) groups is 2. The number of nitrogens with one attached hydrogen (secondary N) is 2. The highest BCUT2D eigenvalue weighted by Gasteiger charge is 2.27. The molecule has 0 aliphatic carbocycles. The third kappa shape index (κ3) is 4.79. The summed E-state index contributed by atoms with van der Waals surface area (Å²) in [6.45, 7) is 1.17. The molecule has 5 nitrogen and oxygen atoms in total. The molecule has 1 fully saturated rings. The van der Waals surface area contributed by atoms with Crippen molar-refractivity contribution in [2.45, 2.75) is 17.7 Å². The molecule has 0 aromatic heterocycles. The predicted octanol–water partition coefficient (Wildman–Crippen LogP) is 4.29. The van der Waals surface area contributed by atoms with Gasteiger partial charge in [0.25, 0.3) is 0 Å². The van der Waals surface area contributed by atoms with Gasteiger partial charge in [-0.25, -0.2) is 4.79 Å². The Bertz CT molecular complexity index is 759. The van der Waals surface area contributed by atoms with E-state index in [0.29, 0.717) is 25.9 Å². The first-order valence-electron chi connectivity index (χ1n) is 8.71. The summed E-state index contributed by atoms with van der Waals surface area (Å²) in [6.07, 6.45) is 3.36. The van der Waals surface area contributed by atoms with E-state index in [4.69, 9.17) is 0 Å². The number of nitrogens with zero attached hydrogens (tertiary/aromatic N) is 1. The first kappa shape index (κ1) is 18.3. The number of piperidine rings is 1. The Morgan fingerprint density at radius 3 is 2.35 bits per heavy atom. The molecule has 0 atom stereocenters. The van der Waals surface area contributed by atoms with Gasteiger partial charge in [0, 0.05) is 35.3 Å². The summed E-state index contributed by atoms with van der Waals surface area (Å²) in [6, 6.07) is 17.1. The second kappa shape index (κ2) is 8.76. The van der Waals surface area contributed by atoms with Crippen LogP contribution in [0.15, 0.2) is 59.5 Å². The number of hydrogen-bond donors (Lipinski definition) is 2. The Morgan fingerprint density at radius 1 is 0.962 bits per heavy atom. The Morgan fingerprint density at radius 2 is 1.65 bits per heavy atom. The maximum atomic E-state index is 12.5. The highest BCUT2D eigenvalue weighted by atomic mass is 32.2. The lowest BCUT2D eigenvalue weighted by Gasteiger charge is -2.31. The van der Waals surface area contributed by atoms with E-state index in [1.807, 2.05) is 60.9 Å². The number of thioether (sulfide) groups is 1. The van der Waals surface area contributed by atoms with E-state index in [9.17, 15) is 9.59 Å². The number of amides is 3. The Labute approximate surface area is 158 Å². The molecule has 0 radical (unpaired) electrons. The third-order valence-electron chi connectivity index (χ3n) is 4.52. The number of benzene rings is 2. The summed E-state index contributed by atoms with van der Waals surface area (Å²) in [5.41, 5.74) is 1.61. The van der Waals surface area contributed by atoms with Crippen LogP contribution in [0.2, 0.25) is 0 Å². The van der Waals surface area contributed by atoms with Crippen molar-refractivity contribution in [2.75, 3.05) is 30.0 Å². The van der Waals surface area contributed by atoms with Crippen molar-refractivity contribution in [3.8, 4) is 0 Å². The minimum atomic E-state index is -0.109. The molecule has 0 unspecified atom stereocenters. The SMILES string of the molecule is CSc1cccc(NC(=O)C2CCN(C(=O)Nc3ccccc3)CC2)c1. The summed E-state index contributed by atoms with van der Waals surface area (Å²) in [5.74, 6) is -0.0277. The van der Waals surface area contributed by atoms with Crippen LogP contribution in [0.25, 0.3) is 0 Å². The van der Waals surface area contributed by atoms with Crippen molar-refractivity contribution in [1.82, 2.24) is 4.90 Å². The Balaban J connectivity index is 1.49. The zero-order valence-corrected chi connectivity index (χ0v) is 15.6. The average Bonchev–Trinajstić information content (AvgIpc) is 2.69. The van der Waals surface area contributed by atoms with Crippen LogP contribution < -0.4 is 10.6 Å². The zero-order chi connectivity index (χ0) is 18.4. The first-order chi connectivity index (χ1) is 12.7. The normalized spacial score (nSPS) is 14.7. The second-order valence-electron chi connectivity index (χ2n) is 6.28. The van der Waals surface area contributed by atoms with E-state index in [-0.39, 0.29) is 17.9 Å². The molecule has 26 heavy (non-hydrogen) atoms. The van der Waals surface area contributed by atoms with Gasteiger partial charge in [-0.15, -0.1) is 11.8 Å². The molecule has 0 saturated carbocycles. The van der Waals surface area contributed by atoms with Crippen molar-refractivity contribution >= 4 is 35.1 Å². The van der Waals surface area contributed by atoms with E-state index in [0.717, 1.165) is 16.3 Å². The minimum absolute atomic E-state index is 0.0337. The van der Waals surface area contributed by atoms with Crippen molar-refractivity contribution in [3.05, 3.63) is 54.6 Å². The van der Waals surface area contributed by atoms with E-state index < -0.39 is 0 Å². The standard InChI is InChI=1S/C20H23N3O2S/c1-26-18-9-5-8-17(14-18)21-19(24)15-10-12-23(13-11-15)20(25)22-16-6-3-2-4-7-16/h2-9,14-15H,10-13H2,1H3,(H,21,24)(H,22,25). The van der Waals surface area contributed by atoms with Gasteiger partial charge in [0.15, 0.2) is 0 Å². The summed E-state index contributed by atoms with van der Waals surface area (Å²) >= 11 is 1.65. The fraction of sp³-hybridized carbons (Fsp3) is 0.300. The first-order valence-corrected chi connectivity index (χ1v) is 9.94. The summed E-state index contributed by atoms with van der Waals surface area (Å²) < 4.78 is 0. The van der Waals surface area contributed by atoms with Crippen LogP contribution in [0, 0.1) is 5.92 Å². The van der Waals surface area contributed by atoms with Crippen LogP contribution in [0.1, 0.15) is 12.8 Å². The largest absolute Gasteiger partial charge is 0.326 e. The van der Waals surface area contributed by atoms with Gasteiger partial charge in [0.05, 0.1) is 0 Å². The maximum Gasteiger partial charge on any atom is 0.321 e. The summed E-state index contributed by atoms with van der Waals surface area (Å²) in [4.78, 5) is 27.7. The number of urea groups is 1. The molecule has 136 valence electrons. The molecule has 2 aromatic rings. The van der Waals surface area contributed by atoms with Gasteiger partial charge in [-0.2, -0.15) is 0 Å². The van der Waals surface area contributed by atoms with Crippen LogP contribution in [-0.2, 0) is 4.79 Å². The molecule has 2 aromatic carbocycles. The lowest BCUT2D eigenvalue weighted by molar-refractivity contribution is -0.121. The molecule has 3 amide bonds. The smallest absolute Gasteiger partial charge is 0.321 e. The fourth-order valence-electron chi connectivity index (χ4n) is 3.01. The van der Waals surface area contributed by atoms with E-state index in [1.165, 1.54) is 0 Å². The highest BCUT2D eigenvalue weighted by molar-refractivity contribution is 7.98.